The quantitative estimate of drug-likeness (QED) is 0.929. The van der Waals surface area contributed by atoms with Crippen molar-refractivity contribution >= 4 is 5.91 Å². The summed E-state index contributed by atoms with van der Waals surface area (Å²) in [6, 6.07) is 7.60. The Kier molecular flexibility index (Phi) is 4.88. The Hall–Kier alpha value is -1.56. The number of hydrogen-bond donors (Lipinski definition) is 1. The molecule has 1 aromatic rings. The molecular weight excluding hydrogens is 281 g/mol. The molecule has 1 amide bonds. The van der Waals surface area contributed by atoms with Gasteiger partial charge in [0.1, 0.15) is 0 Å². The highest BCUT2D eigenvalue weighted by molar-refractivity contribution is 5.77. The first-order chi connectivity index (χ1) is 9.91. The smallest absolute Gasteiger partial charge is 0.342 e. The standard InChI is InChI=1S/C15H19F3N2O/c16-15(17,18)13(12-4-2-1-3-5-12)8-14(21)20-7-6-11(9-19)10-20/h1-5,11,13H,6-10,19H2. The van der Waals surface area contributed by atoms with E-state index in [9.17, 15) is 18.0 Å². The number of likely N-dealkylation sites (tertiary alicyclic amines) is 1. The highest BCUT2D eigenvalue weighted by Gasteiger charge is 2.43. The molecule has 1 aromatic carbocycles. The van der Waals surface area contributed by atoms with Crippen LogP contribution >= 0.6 is 0 Å². The van der Waals surface area contributed by atoms with Gasteiger partial charge in [0.05, 0.1) is 5.92 Å². The molecular formula is C15H19F3N2O. The molecule has 0 spiro atoms. The van der Waals surface area contributed by atoms with E-state index in [1.807, 2.05) is 0 Å². The van der Waals surface area contributed by atoms with E-state index in [1.54, 1.807) is 18.2 Å². The van der Waals surface area contributed by atoms with Crippen molar-refractivity contribution in [3.8, 4) is 0 Å². The molecule has 0 saturated carbocycles. The maximum atomic E-state index is 13.2. The van der Waals surface area contributed by atoms with Crippen LogP contribution in [-0.4, -0.2) is 36.6 Å². The van der Waals surface area contributed by atoms with Crippen molar-refractivity contribution in [2.75, 3.05) is 19.6 Å². The molecule has 0 radical (unpaired) electrons. The molecule has 2 unspecified atom stereocenters. The Balaban J connectivity index is 2.08. The maximum Gasteiger partial charge on any atom is 0.396 e. The second-order valence-corrected chi connectivity index (χ2v) is 5.44. The van der Waals surface area contributed by atoms with Crippen LogP contribution in [0.1, 0.15) is 24.3 Å². The van der Waals surface area contributed by atoms with Crippen molar-refractivity contribution in [2.24, 2.45) is 11.7 Å². The minimum Gasteiger partial charge on any atom is -0.342 e. The fourth-order valence-electron chi connectivity index (χ4n) is 2.66. The van der Waals surface area contributed by atoms with Gasteiger partial charge in [-0.2, -0.15) is 13.2 Å². The maximum absolute atomic E-state index is 13.2. The largest absolute Gasteiger partial charge is 0.396 e. The van der Waals surface area contributed by atoms with Crippen molar-refractivity contribution in [2.45, 2.75) is 24.9 Å². The minimum atomic E-state index is -4.43. The van der Waals surface area contributed by atoms with Crippen LogP contribution in [0.4, 0.5) is 13.2 Å². The summed E-state index contributed by atoms with van der Waals surface area (Å²) >= 11 is 0. The molecule has 116 valence electrons. The third kappa shape index (κ3) is 3.97. The van der Waals surface area contributed by atoms with Gasteiger partial charge in [-0.05, 0) is 24.4 Å². The van der Waals surface area contributed by atoms with Gasteiger partial charge in [0, 0.05) is 19.5 Å². The molecule has 1 aliphatic rings. The van der Waals surface area contributed by atoms with Gasteiger partial charge in [-0.3, -0.25) is 4.79 Å². The van der Waals surface area contributed by atoms with Crippen LogP contribution < -0.4 is 5.73 Å². The van der Waals surface area contributed by atoms with Gasteiger partial charge in [-0.15, -0.1) is 0 Å². The molecule has 1 fully saturated rings. The van der Waals surface area contributed by atoms with Crippen molar-refractivity contribution in [3.63, 3.8) is 0 Å². The van der Waals surface area contributed by atoms with Crippen LogP contribution in [-0.2, 0) is 4.79 Å². The zero-order valence-electron chi connectivity index (χ0n) is 11.6. The van der Waals surface area contributed by atoms with Gasteiger partial charge in [0.2, 0.25) is 5.91 Å². The summed E-state index contributed by atoms with van der Waals surface area (Å²) in [5.41, 5.74) is 5.67. The second kappa shape index (κ2) is 6.47. The van der Waals surface area contributed by atoms with Crippen LogP contribution in [0.2, 0.25) is 0 Å². The minimum absolute atomic E-state index is 0.132. The van der Waals surface area contributed by atoms with Crippen molar-refractivity contribution in [1.29, 1.82) is 0 Å². The summed E-state index contributed by atoms with van der Waals surface area (Å²) in [7, 11) is 0. The number of amides is 1. The number of rotatable bonds is 4. The van der Waals surface area contributed by atoms with E-state index in [0.717, 1.165) is 6.42 Å². The Morgan fingerprint density at radius 2 is 2.00 bits per heavy atom. The molecule has 0 aromatic heterocycles. The Morgan fingerprint density at radius 1 is 1.33 bits per heavy atom. The molecule has 1 aliphatic heterocycles. The first-order valence-corrected chi connectivity index (χ1v) is 7.01. The van der Waals surface area contributed by atoms with Crippen molar-refractivity contribution in [1.82, 2.24) is 4.90 Å². The van der Waals surface area contributed by atoms with Crippen LogP contribution in [0.5, 0.6) is 0 Å². The number of carbonyl (C=O) groups is 1. The normalized spacial score (nSPS) is 20.6. The number of alkyl halides is 3. The number of carbonyl (C=O) groups excluding carboxylic acids is 1. The topological polar surface area (TPSA) is 46.3 Å². The zero-order valence-corrected chi connectivity index (χ0v) is 11.6. The molecule has 1 saturated heterocycles. The first kappa shape index (κ1) is 15.8. The van der Waals surface area contributed by atoms with E-state index in [4.69, 9.17) is 5.73 Å². The van der Waals surface area contributed by atoms with E-state index in [2.05, 4.69) is 0 Å². The lowest BCUT2D eigenvalue weighted by atomic mass is 9.94. The van der Waals surface area contributed by atoms with Crippen LogP contribution in [0.25, 0.3) is 0 Å². The highest BCUT2D eigenvalue weighted by atomic mass is 19.4. The zero-order chi connectivity index (χ0) is 15.5. The SMILES string of the molecule is NCC1CCN(C(=O)CC(c2ccccc2)C(F)(F)F)C1. The number of nitrogens with two attached hydrogens (primary N) is 1. The van der Waals surface area contributed by atoms with Gasteiger partial charge in [-0.25, -0.2) is 0 Å². The summed E-state index contributed by atoms with van der Waals surface area (Å²) in [6.07, 6.45) is -4.20. The molecule has 2 atom stereocenters. The Labute approximate surface area is 121 Å². The molecule has 0 aliphatic carbocycles. The van der Waals surface area contributed by atoms with Gasteiger partial charge >= 0.3 is 6.18 Å². The molecule has 2 N–H and O–H groups in total. The van der Waals surface area contributed by atoms with E-state index >= 15 is 0 Å². The fourth-order valence-corrected chi connectivity index (χ4v) is 2.66. The van der Waals surface area contributed by atoms with Crippen LogP contribution in [0.15, 0.2) is 30.3 Å². The lowest BCUT2D eigenvalue weighted by Gasteiger charge is -2.23. The average Bonchev–Trinajstić information content (AvgIpc) is 2.93. The highest BCUT2D eigenvalue weighted by Crippen LogP contribution is 2.38. The molecule has 2 rings (SSSR count). The second-order valence-electron chi connectivity index (χ2n) is 5.44. The number of halogens is 3. The predicted molar refractivity (Wildman–Crippen MR) is 73.6 cm³/mol. The molecule has 1 heterocycles. The Morgan fingerprint density at radius 3 is 2.52 bits per heavy atom. The Bertz CT molecular complexity index is 476. The van der Waals surface area contributed by atoms with Gasteiger partial charge in [0.15, 0.2) is 0 Å². The van der Waals surface area contributed by atoms with Crippen LogP contribution in [0.3, 0.4) is 0 Å². The summed E-state index contributed by atoms with van der Waals surface area (Å²) in [5.74, 6) is -1.99. The third-order valence-corrected chi connectivity index (χ3v) is 3.95. The van der Waals surface area contributed by atoms with Crippen molar-refractivity contribution in [3.05, 3.63) is 35.9 Å². The van der Waals surface area contributed by atoms with E-state index in [0.29, 0.717) is 19.6 Å². The number of nitrogens with zero attached hydrogens (tertiary/aromatic N) is 1. The summed E-state index contributed by atoms with van der Waals surface area (Å²) in [5, 5.41) is 0. The molecule has 0 bridgehead atoms. The van der Waals surface area contributed by atoms with E-state index in [1.165, 1.54) is 17.0 Å². The first-order valence-electron chi connectivity index (χ1n) is 7.01. The summed E-state index contributed by atoms with van der Waals surface area (Å²) in [6.45, 7) is 1.43. The third-order valence-electron chi connectivity index (χ3n) is 3.95. The van der Waals surface area contributed by atoms with Gasteiger partial charge in [0.25, 0.3) is 0 Å². The van der Waals surface area contributed by atoms with Gasteiger partial charge < -0.3 is 10.6 Å². The van der Waals surface area contributed by atoms with E-state index in [-0.39, 0.29) is 11.5 Å². The van der Waals surface area contributed by atoms with Gasteiger partial charge in [-0.1, -0.05) is 30.3 Å². The lowest BCUT2D eigenvalue weighted by Crippen LogP contribution is -2.33. The van der Waals surface area contributed by atoms with Crippen molar-refractivity contribution < 1.29 is 18.0 Å². The average molecular weight is 300 g/mol. The lowest BCUT2D eigenvalue weighted by molar-refractivity contribution is -0.160. The monoisotopic (exact) mass is 300 g/mol. The summed E-state index contributed by atoms with van der Waals surface area (Å²) < 4.78 is 39.6. The van der Waals surface area contributed by atoms with Crippen LogP contribution in [0, 0.1) is 5.92 Å². The number of benzene rings is 1. The fraction of sp³-hybridized carbons (Fsp3) is 0.533. The number of hydrogen-bond acceptors (Lipinski definition) is 2. The summed E-state index contributed by atoms with van der Waals surface area (Å²) in [4.78, 5) is 13.6. The predicted octanol–water partition coefficient (Wildman–Crippen LogP) is 2.53. The van der Waals surface area contributed by atoms with E-state index < -0.39 is 24.4 Å². The molecule has 3 nitrogen and oxygen atoms in total. The molecule has 6 heteroatoms. The molecule has 21 heavy (non-hydrogen) atoms.